The lowest BCUT2D eigenvalue weighted by Gasteiger charge is -2.33. The van der Waals surface area contributed by atoms with E-state index in [1.807, 2.05) is 44.4 Å². The molecule has 0 aromatic heterocycles. The van der Waals surface area contributed by atoms with Crippen molar-refractivity contribution in [2.45, 2.75) is 6.42 Å². The molecule has 1 saturated heterocycles. The molecule has 1 aromatic carbocycles. The summed E-state index contributed by atoms with van der Waals surface area (Å²) < 4.78 is 0. The first-order chi connectivity index (χ1) is 8.27. The summed E-state index contributed by atoms with van der Waals surface area (Å²) in [7, 11) is 4.10. The van der Waals surface area contributed by atoms with Gasteiger partial charge in [0.05, 0.1) is 6.21 Å². The first-order valence-corrected chi connectivity index (χ1v) is 5.86. The summed E-state index contributed by atoms with van der Waals surface area (Å²) in [6, 6.07) is 10.0. The van der Waals surface area contributed by atoms with E-state index in [1.54, 1.807) is 6.21 Å². The van der Waals surface area contributed by atoms with Gasteiger partial charge in [-0.05, 0) is 12.0 Å². The molecule has 1 heterocycles. The monoisotopic (exact) mass is 230 g/mol. The summed E-state index contributed by atoms with van der Waals surface area (Å²) in [5, 5.41) is 8.42. The van der Waals surface area contributed by atoms with Gasteiger partial charge in [-0.1, -0.05) is 30.3 Å². The van der Waals surface area contributed by atoms with Crippen molar-refractivity contribution >= 4 is 12.2 Å². The number of nitrogens with zero attached hydrogens (tertiary/aromatic N) is 4. The van der Waals surface area contributed by atoms with Gasteiger partial charge in [0.15, 0.2) is 0 Å². The Bertz CT molecular complexity index is 399. The van der Waals surface area contributed by atoms with E-state index in [9.17, 15) is 0 Å². The Labute approximate surface area is 102 Å². The first-order valence-electron chi connectivity index (χ1n) is 5.86. The van der Waals surface area contributed by atoms with E-state index in [0.717, 1.165) is 24.6 Å². The smallest absolute Gasteiger partial charge is 0.221 e. The fourth-order valence-corrected chi connectivity index (χ4v) is 1.88. The highest BCUT2D eigenvalue weighted by atomic mass is 15.4. The first kappa shape index (κ1) is 11.6. The van der Waals surface area contributed by atoms with Crippen molar-refractivity contribution in [3.05, 3.63) is 35.9 Å². The van der Waals surface area contributed by atoms with Crippen molar-refractivity contribution in [3.63, 3.8) is 0 Å². The van der Waals surface area contributed by atoms with Crippen molar-refractivity contribution in [1.29, 1.82) is 0 Å². The minimum atomic E-state index is 0.934. The molecule has 0 radical (unpaired) electrons. The SMILES string of the molecule is CN1CCCN(C)C1=N/N=C/c1ccccc1. The van der Waals surface area contributed by atoms with Crippen LogP contribution in [0.1, 0.15) is 12.0 Å². The van der Waals surface area contributed by atoms with Crippen LogP contribution in [-0.2, 0) is 0 Å². The van der Waals surface area contributed by atoms with Crippen molar-refractivity contribution in [3.8, 4) is 0 Å². The van der Waals surface area contributed by atoms with Crippen LogP contribution < -0.4 is 0 Å². The zero-order valence-electron chi connectivity index (χ0n) is 10.4. The molecular formula is C13H18N4. The topological polar surface area (TPSA) is 31.2 Å². The van der Waals surface area contributed by atoms with E-state index in [2.05, 4.69) is 20.0 Å². The van der Waals surface area contributed by atoms with E-state index in [-0.39, 0.29) is 0 Å². The molecule has 0 bridgehead atoms. The molecule has 1 aliphatic rings. The molecule has 0 aliphatic carbocycles. The Kier molecular flexibility index (Phi) is 3.75. The number of guanidine groups is 1. The summed E-state index contributed by atoms with van der Waals surface area (Å²) in [6.07, 6.45) is 2.96. The molecule has 0 amide bonds. The van der Waals surface area contributed by atoms with Crippen molar-refractivity contribution in [1.82, 2.24) is 9.80 Å². The standard InChI is InChI=1S/C13H18N4/c1-16-9-6-10-17(2)13(16)15-14-11-12-7-4-3-5-8-12/h3-5,7-8,11H,6,9-10H2,1-2H3/b14-11+. The van der Waals surface area contributed by atoms with Crippen LogP contribution in [-0.4, -0.2) is 49.2 Å². The van der Waals surface area contributed by atoms with Gasteiger partial charge in [-0.2, -0.15) is 5.10 Å². The molecule has 2 rings (SSSR count). The summed E-state index contributed by atoms with van der Waals surface area (Å²) in [6.45, 7) is 2.09. The van der Waals surface area contributed by atoms with Crippen LogP contribution >= 0.6 is 0 Å². The van der Waals surface area contributed by atoms with Gasteiger partial charge in [-0.3, -0.25) is 0 Å². The van der Waals surface area contributed by atoms with Gasteiger partial charge in [0.1, 0.15) is 0 Å². The lowest BCUT2D eigenvalue weighted by Crippen LogP contribution is -2.46. The molecule has 17 heavy (non-hydrogen) atoms. The Morgan fingerprint density at radius 3 is 2.35 bits per heavy atom. The van der Waals surface area contributed by atoms with Gasteiger partial charge >= 0.3 is 0 Å². The predicted molar refractivity (Wildman–Crippen MR) is 71.3 cm³/mol. The molecule has 4 heteroatoms. The third-order valence-electron chi connectivity index (χ3n) is 2.82. The summed E-state index contributed by atoms with van der Waals surface area (Å²) in [4.78, 5) is 4.26. The average molecular weight is 230 g/mol. The summed E-state index contributed by atoms with van der Waals surface area (Å²) in [5.74, 6) is 0.934. The molecule has 1 aromatic rings. The predicted octanol–water partition coefficient (Wildman–Crippen LogP) is 1.64. The highest BCUT2D eigenvalue weighted by molar-refractivity contribution is 5.83. The zero-order chi connectivity index (χ0) is 12.1. The summed E-state index contributed by atoms with van der Waals surface area (Å²) >= 11 is 0. The second-order valence-corrected chi connectivity index (χ2v) is 4.25. The van der Waals surface area contributed by atoms with E-state index in [1.165, 1.54) is 6.42 Å². The van der Waals surface area contributed by atoms with E-state index in [4.69, 9.17) is 0 Å². The maximum Gasteiger partial charge on any atom is 0.221 e. The maximum atomic E-state index is 4.28. The lowest BCUT2D eigenvalue weighted by molar-refractivity contribution is 0.317. The normalized spacial score (nSPS) is 16.7. The van der Waals surface area contributed by atoms with E-state index in [0.29, 0.717) is 0 Å². The quantitative estimate of drug-likeness (QED) is 0.571. The molecule has 0 spiro atoms. The largest absolute Gasteiger partial charge is 0.344 e. The van der Waals surface area contributed by atoms with Crippen LogP contribution in [0.4, 0.5) is 0 Å². The maximum absolute atomic E-state index is 4.28. The Morgan fingerprint density at radius 1 is 1.06 bits per heavy atom. The van der Waals surface area contributed by atoms with Gasteiger partial charge in [0.2, 0.25) is 5.96 Å². The Hall–Kier alpha value is -1.84. The fraction of sp³-hybridized carbons (Fsp3) is 0.385. The van der Waals surface area contributed by atoms with Gasteiger partial charge in [0, 0.05) is 27.2 Å². The molecule has 1 fully saturated rings. The van der Waals surface area contributed by atoms with Crippen LogP contribution in [0, 0.1) is 0 Å². The van der Waals surface area contributed by atoms with Gasteiger partial charge in [-0.15, -0.1) is 5.10 Å². The number of hydrogen-bond donors (Lipinski definition) is 0. The molecular weight excluding hydrogens is 212 g/mol. The minimum Gasteiger partial charge on any atom is -0.344 e. The third kappa shape index (κ3) is 3.06. The van der Waals surface area contributed by atoms with Gasteiger partial charge in [0.25, 0.3) is 0 Å². The number of rotatable bonds is 2. The average Bonchev–Trinajstić information content (AvgIpc) is 2.34. The van der Waals surface area contributed by atoms with Crippen molar-refractivity contribution in [2.24, 2.45) is 10.2 Å². The second kappa shape index (κ2) is 5.48. The molecule has 0 atom stereocenters. The minimum absolute atomic E-state index is 0.934. The number of benzene rings is 1. The lowest BCUT2D eigenvalue weighted by atomic mass is 10.2. The van der Waals surface area contributed by atoms with E-state index < -0.39 is 0 Å². The van der Waals surface area contributed by atoms with Crippen LogP contribution in [0.5, 0.6) is 0 Å². The molecule has 1 aliphatic heterocycles. The number of hydrogen-bond acceptors (Lipinski definition) is 2. The van der Waals surface area contributed by atoms with Gasteiger partial charge < -0.3 is 9.80 Å². The highest BCUT2D eigenvalue weighted by Crippen LogP contribution is 2.05. The Balaban J connectivity index is 2.06. The van der Waals surface area contributed by atoms with Crippen LogP contribution in [0.2, 0.25) is 0 Å². The second-order valence-electron chi connectivity index (χ2n) is 4.25. The van der Waals surface area contributed by atoms with E-state index >= 15 is 0 Å². The van der Waals surface area contributed by atoms with Crippen LogP contribution in [0.25, 0.3) is 0 Å². The van der Waals surface area contributed by atoms with Crippen molar-refractivity contribution < 1.29 is 0 Å². The fourth-order valence-electron chi connectivity index (χ4n) is 1.88. The molecule has 0 N–H and O–H groups in total. The molecule has 90 valence electrons. The molecule has 0 saturated carbocycles. The molecule has 4 nitrogen and oxygen atoms in total. The third-order valence-corrected chi connectivity index (χ3v) is 2.82. The molecule has 0 unspecified atom stereocenters. The zero-order valence-corrected chi connectivity index (χ0v) is 10.4. The van der Waals surface area contributed by atoms with Crippen LogP contribution in [0.3, 0.4) is 0 Å². The van der Waals surface area contributed by atoms with Crippen molar-refractivity contribution in [2.75, 3.05) is 27.2 Å². The summed E-state index contributed by atoms with van der Waals surface area (Å²) in [5.41, 5.74) is 1.07. The Morgan fingerprint density at radius 2 is 1.71 bits per heavy atom. The van der Waals surface area contributed by atoms with Crippen LogP contribution in [0.15, 0.2) is 40.5 Å². The highest BCUT2D eigenvalue weighted by Gasteiger charge is 2.16. The van der Waals surface area contributed by atoms with Gasteiger partial charge in [-0.25, -0.2) is 0 Å².